The molecule has 3 aromatic rings. The van der Waals surface area contributed by atoms with Gasteiger partial charge in [-0.3, -0.25) is 4.90 Å². The van der Waals surface area contributed by atoms with Gasteiger partial charge in [0, 0.05) is 36.6 Å². The van der Waals surface area contributed by atoms with Crippen LogP contribution in [0, 0.1) is 11.7 Å². The highest BCUT2D eigenvalue weighted by Crippen LogP contribution is 2.21. The van der Waals surface area contributed by atoms with Gasteiger partial charge in [0.05, 0.1) is 13.7 Å². The molecule has 0 N–H and O–H groups in total. The van der Waals surface area contributed by atoms with Crippen molar-refractivity contribution in [2.45, 2.75) is 46.4 Å². The molecule has 3 nitrogen and oxygen atoms in total. The highest BCUT2D eigenvalue weighted by Gasteiger charge is 2.19. The molecule has 1 heterocycles. The van der Waals surface area contributed by atoms with Gasteiger partial charge in [0.15, 0.2) is 0 Å². The van der Waals surface area contributed by atoms with Crippen LogP contribution < -0.4 is 4.74 Å². The van der Waals surface area contributed by atoms with Crippen LogP contribution in [0.3, 0.4) is 0 Å². The monoisotopic (exact) mass is 394 g/mol. The minimum Gasteiger partial charge on any atom is -0.497 e. The van der Waals surface area contributed by atoms with E-state index in [9.17, 15) is 4.39 Å². The summed E-state index contributed by atoms with van der Waals surface area (Å²) in [6, 6.07) is 19.8. The van der Waals surface area contributed by atoms with Crippen LogP contribution in [-0.2, 0) is 19.6 Å². The van der Waals surface area contributed by atoms with E-state index >= 15 is 0 Å². The number of benzene rings is 2. The second-order valence-corrected chi connectivity index (χ2v) is 7.96. The minimum absolute atomic E-state index is 0.155. The van der Waals surface area contributed by atoms with Crippen molar-refractivity contribution in [3.8, 4) is 5.75 Å². The second kappa shape index (κ2) is 9.75. The van der Waals surface area contributed by atoms with Gasteiger partial charge < -0.3 is 9.30 Å². The maximum Gasteiger partial charge on any atom is 0.128 e. The van der Waals surface area contributed by atoms with E-state index < -0.39 is 0 Å². The molecule has 4 heteroatoms. The van der Waals surface area contributed by atoms with E-state index in [1.165, 1.54) is 17.3 Å². The van der Waals surface area contributed by atoms with Crippen molar-refractivity contribution in [1.82, 2.24) is 9.47 Å². The number of ether oxygens (including phenoxy) is 1. The van der Waals surface area contributed by atoms with Crippen LogP contribution in [0.4, 0.5) is 4.39 Å². The van der Waals surface area contributed by atoms with Crippen molar-refractivity contribution < 1.29 is 9.13 Å². The van der Waals surface area contributed by atoms with Crippen LogP contribution in [0.2, 0.25) is 0 Å². The van der Waals surface area contributed by atoms with Crippen molar-refractivity contribution >= 4 is 0 Å². The Kier molecular flexibility index (Phi) is 7.10. The number of aromatic nitrogens is 1. The number of halogens is 1. The van der Waals surface area contributed by atoms with E-state index in [4.69, 9.17) is 4.74 Å². The van der Waals surface area contributed by atoms with Gasteiger partial charge in [0.1, 0.15) is 11.6 Å². The molecule has 29 heavy (non-hydrogen) atoms. The van der Waals surface area contributed by atoms with Crippen molar-refractivity contribution in [1.29, 1.82) is 0 Å². The van der Waals surface area contributed by atoms with Crippen LogP contribution in [0.15, 0.2) is 66.9 Å². The van der Waals surface area contributed by atoms with Crippen LogP contribution >= 0.6 is 0 Å². The first-order valence-corrected chi connectivity index (χ1v) is 10.2. The van der Waals surface area contributed by atoms with Gasteiger partial charge in [-0.25, -0.2) is 4.39 Å². The summed E-state index contributed by atoms with van der Waals surface area (Å²) < 4.78 is 21.5. The predicted molar refractivity (Wildman–Crippen MR) is 116 cm³/mol. The average molecular weight is 395 g/mol. The van der Waals surface area contributed by atoms with E-state index in [0.29, 0.717) is 24.1 Å². The number of hydrogen-bond acceptors (Lipinski definition) is 2. The van der Waals surface area contributed by atoms with E-state index in [2.05, 4.69) is 48.4 Å². The van der Waals surface area contributed by atoms with Gasteiger partial charge in [0.2, 0.25) is 0 Å². The van der Waals surface area contributed by atoms with Crippen molar-refractivity contribution in [2.75, 3.05) is 7.11 Å². The highest BCUT2D eigenvalue weighted by molar-refractivity contribution is 5.27. The zero-order valence-corrected chi connectivity index (χ0v) is 17.8. The lowest BCUT2D eigenvalue weighted by atomic mass is 10.0. The largest absolute Gasteiger partial charge is 0.497 e. The molecule has 1 atom stereocenters. The lowest BCUT2D eigenvalue weighted by Crippen LogP contribution is -2.36. The molecule has 0 saturated carbocycles. The Bertz CT molecular complexity index is 901. The van der Waals surface area contributed by atoms with Crippen LogP contribution in [-0.4, -0.2) is 22.6 Å². The van der Waals surface area contributed by atoms with Crippen LogP contribution in [0.25, 0.3) is 0 Å². The van der Waals surface area contributed by atoms with Gasteiger partial charge in [-0.1, -0.05) is 44.2 Å². The smallest absolute Gasteiger partial charge is 0.128 e. The van der Waals surface area contributed by atoms with Crippen LogP contribution in [0.5, 0.6) is 5.75 Å². The van der Waals surface area contributed by atoms with E-state index in [0.717, 1.165) is 18.8 Å². The van der Waals surface area contributed by atoms with Gasteiger partial charge in [-0.15, -0.1) is 0 Å². The molecular formula is C25H31FN2O. The molecule has 0 bridgehead atoms. The Morgan fingerprint density at radius 3 is 2.31 bits per heavy atom. The lowest BCUT2D eigenvalue weighted by molar-refractivity contribution is 0.148. The number of rotatable bonds is 9. The fraction of sp³-hybridized carbons (Fsp3) is 0.360. The summed E-state index contributed by atoms with van der Waals surface area (Å²) in [5.74, 6) is 1.25. The predicted octanol–water partition coefficient (Wildman–Crippen LogP) is 5.73. The third-order valence-electron chi connectivity index (χ3n) is 5.67. The van der Waals surface area contributed by atoms with Crippen molar-refractivity contribution in [2.24, 2.45) is 5.92 Å². The molecule has 0 saturated heterocycles. The van der Waals surface area contributed by atoms with Gasteiger partial charge >= 0.3 is 0 Å². The molecule has 0 aliphatic rings. The third kappa shape index (κ3) is 5.48. The maximum absolute atomic E-state index is 14.1. The average Bonchev–Trinajstić information content (AvgIpc) is 3.15. The first-order chi connectivity index (χ1) is 14.0. The molecule has 0 unspecified atom stereocenters. The summed E-state index contributed by atoms with van der Waals surface area (Å²) in [6.45, 7) is 9.00. The summed E-state index contributed by atoms with van der Waals surface area (Å²) in [5, 5.41) is 0. The Morgan fingerprint density at radius 1 is 0.931 bits per heavy atom. The SMILES string of the molecule is COc1ccc(CN(Cc2cccn2Cc2ccccc2F)[C@H](C)C(C)C)cc1. The Morgan fingerprint density at radius 2 is 1.66 bits per heavy atom. The number of nitrogens with zero attached hydrogens (tertiary/aromatic N) is 2. The standard InChI is InChI=1S/C25H31FN2O/c1-19(2)20(3)28(16-21-11-13-24(29-4)14-12-21)18-23-9-7-15-27(23)17-22-8-5-6-10-25(22)26/h5-15,19-20H,16-18H2,1-4H3/t20-/m1/s1. The quantitative estimate of drug-likeness (QED) is 0.461. The van der Waals surface area contributed by atoms with Crippen LogP contribution in [0.1, 0.15) is 37.6 Å². The van der Waals surface area contributed by atoms with E-state index in [1.807, 2.05) is 36.5 Å². The molecule has 0 aliphatic heterocycles. The molecule has 3 rings (SSSR count). The zero-order valence-electron chi connectivity index (χ0n) is 17.8. The zero-order chi connectivity index (χ0) is 20.8. The lowest BCUT2D eigenvalue weighted by Gasteiger charge is -2.32. The summed E-state index contributed by atoms with van der Waals surface area (Å²) in [4.78, 5) is 2.49. The minimum atomic E-state index is -0.155. The maximum atomic E-state index is 14.1. The molecule has 0 fully saturated rings. The fourth-order valence-electron chi connectivity index (χ4n) is 3.50. The number of methoxy groups -OCH3 is 1. The normalized spacial score (nSPS) is 12.5. The summed E-state index contributed by atoms with van der Waals surface area (Å²) in [7, 11) is 1.69. The second-order valence-electron chi connectivity index (χ2n) is 7.96. The molecule has 0 aliphatic carbocycles. The topological polar surface area (TPSA) is 17.4 Å². The Balaban J connectivity index is 1.79. The Hall–Kier alpha value is -2.59. The van der Waals surface area contributed by atoms with Gasteiger partial charge in [-0.05, 0) is 48.7 Å². The molecule has 2 aromatic carbocycles. The molecular weight excluding hydrogens is 363 g/mol. The van der Waals surface area contributed by atoms with Crippen molar-refractivity contribution in [3.05, 3.63) is 89.5 Å². The summed E-state index contributed by atoms with van der Waals surface area (Å²) >= 11 is 0. The molecule has 0 amide bonds. The molecule has 154 valence electrons. The highest BCUT2D eigenvalue weighted by atomic mass is 19.1. The first-order valence-electron chi connectivity index (χ1n) is 10.2. The first kappa shape index (κ1) is 21.1. The molecule has 0 radical (unpaired) electrons. The van der Waals surface area contributed by atoms with E-state index in [1.54, 1.807) is 13.2 Å². The molecule has 1 aromatic heterocycles. The molecule has 0 spiro atoms. The number of hydrogen-bond donors (Lipinski definition) is 0. The fourth-order valence-corrected chi connectivity index (χ4v) is 3.50. The van der Waals surface area contributed by atoms with E-state index in [-0.39, 0.29) is 5.82 Å². The third-order valence-corrected chi connectivity index (χ3v) is 5.67. The van der Waals surface area contributed by atoms with Gasteiger partial charge in [-0.2, -0.15) is 0 Å². The van der Waals surface area contributed by atoms with Crippen molar-refractivity contribution in [3.63, 3.8) is 0 Å². The Labute approximate surface area is 173 Å². The van der Waals surface area contributed by atoms with Gasteiger partial charge in [0.25, 0.3) is 0 Å². The summed E-state index contributed by atoms with van der Waals surface area (Å²) in [6.07, 6.45) is 2.04. The summed E-state index contributed by atoms with van der Waals surface area (Å²) in [5.41, 5.74) is 3.16.